The molecule has 3 aromatic carbocycles. The molecule has 0 fully saturated rings. The second kappa shape index (κ2) is 10.3. The Balaban J connectivity index is 1.74. The molecule has 0 aliphatic heterocycles. The van der Waals surface area contributed by atoms with Gasteiger partial charge in [0.15, 0.2) is 0 Å². The van der Waals surface area contributed by atoms with Crippen molar-refractivity contribution in [2.75, 3.05) is 0 Å². The van der Waals surface area contributed by atoms with Gasteiger partial charge in [-0.2, -0.15) is 5.26 Å². The lowest BCUT2D eigenvalue weighted by Crippen LogP contribution is -2.28. The van der Waals surface area contributed by atoms with Gasteiger partial charge in [0.1, 0.15) is 5.82 Å². The van der Waals surface area contributed by atoms with Gasteiger partial charge in [0, 0.05) is 6.42 Å². The van der Waals surface area contributed by atoms with E-state index in [2.05, 4.69) is 13.0 Å². The van der Waals surface area contributed by atoms with Gasteiger partial charge in [-0.1, -0.05) is 85.6 Å². The van der Waals surface area contributed by atoms with E-state index in [-0.39, 0.29) is 5.56 Å². The minimum Gasteiger partial charge on any atom is -0.292 e. The molecule has 1 heterocycles. The van der Waals surface area contributed by atoms with Crippen LogP contribution in [0.3, 0.4) is 0 Å². The third kappa shape index (κ3) is 4.84. The maximum absolute atomic E-state index is 13.7. The summed E-state index contributed by atoms with van der Waals surface area (Å²) in [7, 11) is 0. The molecule has 4 aromatic rings. The van der Waals surface area contributed by atoms with Crippen LogP contribution in [0.4, 0.5) is 0 Å². The minimum absolute atomic E-state index is 0.00126. The van der Waals surface area contributed by atoms with E-state index in [1.165, 1.54) is 0 Å². The van der Waals surface area contributed by atoms with Crippen molar-refractivity contribution >= 4 is 0 Å². The quantitative estimate of drug-likeness (QED) is 0.327. The maximum atomic E-state index is 13.7. The van der Waals surface area contributed by atoms with Gasteiger partial charge in [-0.25, -0.2) is 4.98 Å². The maximum Gasteiger partial charge on any atom is 0.261 e. The normalized spacial score (nSPS) is 10.8. The first kappa shape index (κ1) is 23.2. The van der Waals surface area contributed by atoms with Gasteiger partial charge in [0.2, 0.25) is 0 Å². The average molecular weight is 448 g/mol. The molecule has 4 nitrogen and oxygen atoms in total. The SMILES string of the molecule is CCCCc1nc(C)c(-c2ccc(C)cc2)c(=O)n1Cc1ccc(-c2ccccc2C#N)cc1. The lowest BCUT2D eigenvalue weighted by Gasteiger charge is -2.16. The van der Waals surface area contributed by atoms with E-state index >= 15 is 0 Å². The third-order valence-corrected chi connectivity index (χ3v) is 6.18. The van der Waals surface area contributed by atoms with E-state index in [9.17, 15) is 10.1 Å². The molecule has 1 aromatic heterocycles. The van der Waals surface area contributed by atoms with E-state index < -0.39 is 0 Å². The first-order valence-electron chi connectivity index (χ1n) is 11.8. The summed E-state index contributed by atoms with van der Waals surface area (Å²) in [4.78, 5) is 18.6. The Morgan fingerprint density at radius 2 is 1.59 bits per heavy atom. The molecule has 0 aliphatic carbocycles. The Morgan fingerprint density at radius 1 is 0.912 bits per heavy atom. The summed E-state index contributed by atoms with van der Waals surface area (Å²) >= 11 is 0. The van der Waals surface area contributed by atoms with Crippen LogP contribution in [0.15, 0.2) is 77.6 Å². The fourth-order valence-corrected chi connectivity index (χ4v) is 4.26. The lowest BCUT2D eigenvalue weighted by atomic mass is 9.99. The van der Waals surface area contributed by atoms with Crippen molar-refractivity contribution in [3.8, 4) is 28.3 Å². The van der Waals surface area contributed by atoms with Gasteiger partial charge in [-0.3, -0.25) is 9.36 Å². The van der Waals surface area contributed by atoms with Crippen LogP contribution < -0.4 is 5.56 Å². The molecule has 34 heavy (non-hydrogen) atoms. The van der Waals surface area contributed by atoms with Gasteiger partial charge >= 0.3 is 0 Å². The number of aromatic nitrogens is 2. The topological polar surface area (TPSA) is 58.7 Å². The monoisotopic (exact) mass is 447 g/mol. The van der Waals surface area contributed by atoms with Gasteiger partial charge < -0.3 is 0 Å². The largest absolute Gasteiger partial charge is 0.292 e. The lowest BCUT2D eigenvalue weighted by molar-refractivity contribution is 0.634. The van der Waals surface area contributed by atoms with Crippen molar-refractivity contribution < 1.29 is 0 Å². The Kier molecular flexibility index (Phi) is 7.04. The molecule has 0 spiro atoms. The van der Waals surface area contributed by atoms with Crippen LogP contribution in [0, 0.1) is 25.2 Å². The number of hydrogen-bond acceptors (Lipinski definition) is 3. The van der Waals surface area contributed by atoms with E-state index in [0.717, 1.165) is 58.6 Å². The number of benzene rings is 3. The zero-order chi connectivity index (χ0) is 24.1. The number of aryl methyl sites for hydroxylation is 3. The molecule has 0 N–H and O–H groups in total. The predicted molar refractivity (Wildman–Crippen MR) is 138 cm³/mol. The highest BCUT2D eigenvalue weighted by atomic mass is 16.1. The fourth-order valence-electron chi connectivity index (χ4n) is 4.26. The van der Waals surface area contributed by atoms with Crippen LogP contribution in [-0.4, -0.2) is 9.55 Å². The Morgan fingerprint density at radius 3 is 2.26 bits per heavy atom. The van der Waals surface area contributed by atoms with Crippen molar-refractivity contribution in [2.24, 2.45) is 0 Å². The van der Waals surface area contributed by atoms with Crippen LogP contribution in [0.25, 0.3) is 22.3 Å². The second-order valence-corrected chi connectivity index (χ2v) is 8.70. The van der Waals surface area contributed by atoms with Crippen molar-refractivity contribution in [1.82, 2.24) is 9.55 Å². The number of unbranched alkanes of at least 4 members (excludes halogenated alkanes) is 1. The van der Waals surface area contributed by atoms with Crippen molar-refractivity contribution in [3.63, 3.8) is 0 Å². The summed E-state index contributed by atoms with van der Waals surface area (Å²) in [5.74, 6) is 0.833. The van der Waals surface area contributed by atoms with Crippen LogP contribution in [0.1, 0.15) is 48.0 Å². The molecule has 0 amide bonds. The molecule has 4 rings (SSSR count). The molecule has 4 heteroatoms. The molecule has 0 saturated heterocycles. The highest BCUT2D eigenvalue weighted by Crippen LogP contribution is 2.24. The molecule has 0 atom stereocenters. The van der Waals surface area contributed by atoms with Gasteiger partial charge in [0.05, 0.1) is 29.4 Å². The summed E-state index contributed by atoms with van der Waals surface area (Å²) in [6, 6.07) is 26.0. The van der Waals surface area contributed by atoms with Crippen LogP contribution in [-0.2, 0) is 13.0 Å². The molecule has 0 unspecified atom stereocenters. The number of nitriles is 1. The first-order valence-corrected chi connectivity index (χ1v) is 11.8. The average Bonchev–Trinajstić information content (AvgIpc) is 2.86. The van der Waals surface area contributed by atoms with Crippen molar-refractivity contribution in [1.29, 1.82) is 5.26 Å². The van der Waals surface area contributed by atoms with Crippen molar-refractivity contribution in [2.45, 2.75) is 46.6 Å². The second-order valence-electron chi connectivity index (χ2n) is 8.70. The summed E-state index contributed by atoms with van der Waals surface area (Å²) in [5, 5.41) is 9.42. The predicted octanol–water partition coefficient (Wildman–Crippen LogP) is 6.46. The first-order chi connectivity index (χ1) is 16.5. The Bertz CT molecular complexity index is 1390. The summed E-state index contributed by atoms with van der Waals surface area (Å²) < 4.78 is 1.83. The van der Waals surface area contributed by atoms with E-state index in [1.807, 2.05) is 91.2 Å². The number of rotatable bonds is 7. The standard InChI is InChI=1S/C30H29N3O/c1-4-5-10-28-32-22(3)29(25-15-11-21(2)12-16-25)30(34)33(28)20-23-13-17-24(18-14-23)27-9-7-6-8-26(27)19-31/h6-9,11-18H,4-5,10,20H2,1-3H3. The van der Waals surface area contributed by atoms with Gasteiger partial charge in [-0.15, -0.1) is 0 Å². The zero-order valence-corrected chi connectivity index (χ0v) is 20.0. The smallest absolute Gasteiger partial charge is 0.261 e. The van der Waals surface area contributed by atoms with E-state index in [0.29, 0.717) is 17.7 Å². The van der Waals surface area contributed by atoms with Gasteiger partial charge in [-0.05, 0) is 48.6 Å². The molecule has 0 radical (unpaired) electrons. The number of nitrogens with zero attached hydrogens (tertiary/aromatic N) is 3. The van der Waals surface area contributed by atoms with Gasteiger partial charge in [0.25, 0.3) is 5.56 Å². The van der Waals surface area contributed by atoms with Crippen LogP contribution in [0.5, 0.6) is 0 Å². The third-order valence-electron chi connectivity index (χ3n) is 6.18. The number of hydrogen-bond donors (Lipinski definition) is 0. The molecule has 0 bridgehead atoms. The fraction of sp³-hybridized carbons (Fsp3) is 0.233. The molecule has 170 valence electrons. The summed E-state index contributed by atoms with van der Waals surface area (Å²) in [6.45, 7) is 6.58. The van der Waals surface area contributed by atoms with E-state index in [1.54, 1.807) is 0 Å². The molecular formula is C30H29N3O. The molecular weight excluding hydrogens is 418 g/mol. The molecule has 0 aliphatic rings. The summed E-state index contributed by atoms with van der Waals surface area (Å²) in [5.41, 5.74) is 7.09. The van der Waals surface area contributed by atoms with Crippen LogP contribution in [0.2, 0.25) is 0 Å². The van der Waals surface area contributed by atoms with Crippen molar-refractivity contribution in [3.05, 3.63) is 111 Å². The molecule has 0 saturated carbocycles. The van der Waals surface area contributed by atoms with E-state index in [4.69, 9.17) is 4.98 Å². The minimum atomic E-state index is 0.00126. The highest BCUT2D eigenvalue weighted by Gasteiger charge is 2.16. The zero-order valence-electron chi connectivity index (χ0n) is 20.0. The Hall–Kier alpha value is -3.97. The highest BCUT2D eigenvalue weighted by molar-refractivity contribution is 5.70. The Labute approximate surface area is 201 Å². The van der Waals surface area contributed by atoms with Crippen LogP contribution >= 0.6 is 0 Å². The summed E-state index contributed by atoms with van der Waals surface area (Å²) in [6.07, 6.45) is 2.80.